The van der Waals surface area contributed by atoms with Crippen molar-refractivity contribution >= 4 is 0 Å². The van der Waals surface area contributed by atoms with Crippen LogP contribution in [0.2, 0.25) is 0 Å². The van der Waals surface area contributed by atoms with E-state index in [1.807, 2.05) is 58.0 Å². The van der Waals surface area contributed by atoms with E-state index in [2.05, 4.69) is 9.97 Å². The molecule has 1 aromatic carbocycles. The van der Waals surface area contributed by atoms with Crippen LogP contribution in [0.25, 0.3) is 0 Å². The van der Waals surface area contributed by atoms with Crippen LogP contribution in [0.15, 0.2) is 35.1 Å². The Kier molecular flexibility index (Phi) is 4.91. The Morgan fingerprint density at radius 3 is 2.43 bits per heavy atom. The Morgan fingerprint density at radius 1 is 1.24 bits per heavy atom. The number of aromatic amines is 1. The Bertz CT molecular complexity index is 648. The molecule has 112 valence electrons. The monoisotopic (exact) mass is 286 g/mol. The van der Waals surface area contributed by atoms with E-state index in [1.165, 1.54) is 0 Å². The molecular weight excluding hydrogens is 264 g/mol. The topological polar surface area (TPSA) is 55.0 Å². The van der Waals surface area contributed by atoms with Gasteiger partial charge in [-0.25, -0.2) is 4.98 Å². The molecule has 0 saturated carbocycles. The molecule has 4 nitrogen and oxygen atoms in total. The molecule has 0 amide bonds. The number of aryl methyl sites for hydroxylation is 1. The zero-order valence-corrected chi connectivity index (χ0v) is 13.0. The van der Waals surface area contributed by atoms with E-state index in [0.29, 0.717) is 12.4 Å². The van der Waals surface area contributed by atoms with Crippen LogP contribution in [0, 0.1) is 6.92 Å². The summed E-state index contributed by atoms with van der Waals surface area (Å²) in [5.41, 5.74) is 2.42. The van der Waals surface area contributed by atoms with Crippen LogP contribution in [-0.2, 0) is 4.74 Å². The van der Waals surface area contributed by atoms with Crippen LogP contribution in [0.3, 0.4) is 0 Å². The van der Waals surface area contributed by atoms with Crippen LogP contribution >= 0.6 is 0 Å². The summed E-state index contributed by atoms with van der Waals surface area (Å²) in [5.74, 6) is 0.715. The quantitative estimate of drug-likeness (QED) is 0.917. The minimum atomic E-state index is -0.344. The lowest BCUT2D eigenvalue weighted by Gasteiger charge is -2.18. The minimum absolute atomic E-state index is 0.0758. The van der Waals surface area contributed by atoms with Gasteiger partial charge in [0.2, 0.25) is 0 Å². The first-order chi connectivity index (χ1) is 10.0. The summed E-state index contributed by atoms with van der Waals surface area (Å²) in [6.07, 6.45) is -0.344. The average Bonchev–Trinajstić information content (AvgIpc) is 2.44. The van der Waals surface area contributed by atoms with Gasteiger partial charge in [-0.05, 0) is 25.3 Å². The van der Waals surface area contributed by atoms with Crippen molar-refractivity contribution in [1.82, 2.24) is 9.97 Å². The molecule has 4 heteroatoms. The molecule has 0 aliphatic rings. The van der Waals surface area contributed by atoms with Gasteiger partial charge >= 0.3 is 0 Å². The van der Waals surface area contributed by atoms with E-state index < -0.39 is 0 Å². The van der Waals surface area contributed by atoms with E-state index >= 15 is 0 Å². The zero-order valence-electron chi connectivity index (χ0n) is 13.0. The number of hydrogen-bond acceptors (Lipinski definition) is 3. The highest BCUT2D eigenvalue weighted by Crippen LogP contribution is 2.23. The van der Waals surface area contributed by atoms with Gasteiger partial charge in [0.05, 0.1) is 0 Å². The number of nitrogens with one attached hydrogen (secondary N) is 1. The summed E-state index contributed by atoms with van der Waals surface area (Å²) in [5, 5.41) is 0. The van der Waals surface area contributed by atoms with E-state index in [9.17, 15) is 4.79 Å². The van der Waals surface area contributed by atoms with Gasteiger partial charge in [-0.3, -0.25) is 4.79 Å². The van der Waals surface area contributed by atoms with Gasteiger partial charge in [-0.1, -0.05) is 44.2 Å². The van der Waals surface area contributed by atoms with Gasteiger partial charge < -0.3 is 9.72 Å². The standard InChI is InChI=1S/C17H22N2O2/c1-5-21-15(13-9-7-6-8-10-13)16-18-12(4)14(11(2)3)17(20)19-16/h6-11,15H,5H2,1-4H3,(H,18,19,20). The van der Waals surface area contributed by atoms with Crippen molar-refractivity contribution in [1.29, 1.82) is 0 Å². The third-order valence-corrected chi connectivity index (χ3v) is 3.43. The Morgan fingerprint density at radius 2 is 1.90 bits per heavy atom. The van der Waals surface area contributed by atoms with Crippen molar-refractivity contribution in [3.8, 4) is 0 Å². The first-order valence-electron chi connectivity index (χ1n) is 7.31. The molecule has 21 heavy (non-hydrogen) atoms. The minimum Gasteiger partial charge on any atom is -0.366 e. The maximum absolute atomic E-state index is 12.3. The number of ether oxygens (including phenoxy) is 1. The van der Waals surface area contributed by atoms with Crippen molar-refractivity contribution in [2.24, 2.45) is 0 Å². The molecular formula is C17H22N2O2. The first-order valence-corrected chi connectivity index (χ1v) is 7.31. The van der Waals surface area contributed by atoms with Crippen LogP contribution in [0.1, 0.15) is 55.4 Å². The van der Waals surface area contributed by atoms with Crippen LogP contribution in [0.5, 0.6) is 0 Å². The molecule has 1 heterocycles. The molecule has 2 aromatic rings. The Balaban J connectivity index is 2.50. The summed E-state index contributed by atoms with van der Waals surface area (Å²) in [6.45, 7) is 8.35. The highest BCUT2D eigenvalue weighted by molar-refractivity contribution is 5.26. The molecule has 0 saturated heterocycles. The summed E-state index contributed by atoms with van der Waals surface area (Å²) in [7, 11) is 0. The van der Waals surface area contributed by atoms with Crippen molar-refractivity contribution in [3.05, 3.63) is 63.3 Å². The lowest BCUT2D eigenvalue weighted by atomic mass is 10.0. The van der Waals surface area contributed by atoms with Gasteiger partial charge in [0.15, 0.2) is 0 Å². The predicted molar refractivity (Wildman–Crippen MR) is 83.6 cm³/mol. The highest BCUT2D eigenvalue weighted by Gasteiger charge is 2.19. The molecule has 0 radical (unpaired) electrons. The largest absolute Gasteiger partial charge is 0.366 e. The summed E-state index contributed by atoms with van der Waals surface area (Å²) in [6, 6.07) is 9.82. The fourth-order valence-corrected chi connectivity index (χ4v) is 2.55. The smallest absolute Gasteiger partial charge is 0.254 e. The molecule has 0 aliphatic carbocycles. The second kappa shape index (κ2) is 6.68. The molecule has 0 bridgehead atoms. The summed E-state index contributed by atoms with van der Waals surface area (Å²) < 4.78 is 5.79. The second-order valence-corrected chi connectivity index (χ2v) is 5.35. The average molecular weight is 286 g/mol. The molecule has 2 rings (SSSR count). The number of benzene rings is 1. The van der Waals surface area contributed by atoms with E-state index in [4.69, 9.17) is 4.74 Å². The maximum Gasteiger partial charge on any atom is 0.254 e. The van der Waals surface area contributed by atoms with Crippen molar-refractivity contribution < 1.29 is 4.74 Å². The number of hydrogen-bond donors (Lipinski definition) is 1. The predicted octanol–water partition coefficient (Wildman–Crippen LogP) is 3.33. The highest BCUT2D eigenvalue weighted by atomic mass is 16.5. The number of nitrogens with zero attached hydrogens (tertiary/aromatic N) is 1. The third-order valence-electron chi connectivity index (χ3n) is 3.43. The fraction of sp³-hybridized carbons (Fsp3) is 0.412. The zero-order chi connectivity index (χ0) is 15.4. The molecule has 1 aromatic heterocycles. The molecule has 1 N–H and O–H groups in total. The Hall–Kier alpha value is -1.94. The van der Waals surface area contributed by atoms with E-state index in [-0.39, 0.29) is 17.6 Å². The van der Waals surface area contributed by atoms with Crippen LogP contribution < -0.4 is 5.56 Å². The van der Waals surface area contributed by atoms with Crippen molar-refractivity contribution in [3.63, 3.8) is 0 Å². The summed E-state index contributed by atoms with van der Waals surface area (Å²) >= 11 is 0. The Labute approximate surface area is 125 Å². The van der Waals surface area contributed by atoms with Gasteiger partial charge in [0, 0.05) is 17.9 Å². The molecule has 0 spiro atoms. The van der Waals surface area contributed by atoms with E-state index in [1.54, 1.807) is 0 Å². The molecule has 0 aliphatic heterocycles. The maximum atomic E-state index is 12.3. The van der Waals surface area contributed by atoms with Gasteiger partial charge in [-0.2, -0.15) is 0 Å². The second-order valence-electron chi connectivity index (χ2n) is 5.35. The lowest BCUT2D eigenvalue weighted by molar-refractivity contribution is 0.0847. The van der Waals surface area contributed by atoms with Crippen molar-refractivity contribution in [2.45, 2.75) is 39.7 Å². The van der Waals surface area contributed by atoms with Gasteiger partial charge in [-0.15, -0.1) is 0 Å². The first kappa shape index (κ1) is 15.4. The van der Waals surface area contributed by atoms with Gasteiger partial charge in [0.25, 0.3) is 5.56 Å². The SMILES string of the molecule is CCOC(c1ccccc1)c1nc(C)c(C(C)C)c(=O)[nH]1. The number of rotatable bonds is 5. The fourth-order valence-electron chi connectivity index (χ4n) is 2.55. The van der Waals surface area contributed by atoms with Crippen LogP contribution in [0.4, 0.5) is 0 Å². The van der Waals surface area contributed by atoms with Crippen LogP contribution in [-0.4, -0.2) is 16.6 Å². The lowest BCUT2D eigenvalue weighted by Crippen LogP contribution is -2.23. The molecule has 0 fully saturated rings. The number of aromatic nitrogens is 2. The normalized spacial score (nSPS) is 12.6. The van der Waals surface area contributed by atoms with E-state index in [0.717, 1.165) is 16.8 Å². The third kappa shape index (κ3) is 3.39. The molecule has 1 atom stereocenters. The van der Waals surface area contributed by atoms with Crippen molar-refractivity contribution in [2.75, 3.05) is 6.61 Å². The number of H-pyrrole nitrogens is 1. The summed E-state index contributed by atoms with van der Waals surface area (Å²) in [4.78, 5) is 19.8. The molecule has 1 unspecified atom stereocenters. The van der Waals surface area contributed by atoms with Gasteiger partial charge in [0.1, 0.15) is 11.9 Å².